The summed E-state index contributed by atoms with van der Waals surface area (Å²) in [4.78, 5) is 0. The minimum Gasteiger partial charge on any atom is -0.0594 e. The van der Waals surface area contributed by atoms with E-state index in [1.165, 1.54) is 19.3 Å². The summed E-state index contributed by atoms with van der Waals surface area (Å²) in [6.07, 6.45) is 20.3. The number of hydrogen-bond donors (Lipinski definition) is 0. The summed E-state index contributed by atoms with van der Waals surface area (Å²) in [7, 11) is 0. The molecule has 0 saturated heterocycles. The first-order valence-corrected chi connectivity index (χ1v) is 9.76. The highest BCUT2D eigenvalue weighted by Gasteiger charge is 2.48. The van der Waals surface area contributed by atoms with Gasteiger partial charge < -0.3 is 0 Å². The Labute approximate surface area is 126 Å². The van der Waals surface area contributed by atoms with Crippen molar-refractivity contribution < 1.29 is 0 Å². The van der Waals surface area contributed by atoms with Crippen LogP contribution >= 0.6 is 0 Å². The standard InChI is InChI=1S/C20H34/c1-20(11-5-2-6-12-20)17-9-10-19-16(14-17)13-15-7-3-4-8-18(15)19/h15-19H,2-14H2,1H3. The fraction of sp³-hybridized carbons (Fsp3) is 1.00. The van der Waals surface area contributed by atoms with E-state index in [0.29, 0.717) is 0 Å². The van der Waals surface area contributed by atoms with Crippen LogP contribution in [0.4, 0.5) is 0 Å². The summed E-state index contributed by atoms with van der Waals surface area (Å²) in [6.45, 7) is 2.65. The molecule has 0 heterocycles. The molecule has 0 bridgehead atoms. The molecular formula is C20H34. The molecule has 4 fully saturated rings. The largest absolute Gasteiger partial charge is 0.0594 e. The zero-order valence-electron chi connectivity index (χ0n) is 13.6. The average Bonchev–Trinajstić information content (AvgIpc) is 2.85. The molecular weight excluding hydrogens is 240 g/mol. The summed E-state index contributed by atoms with van der Waals surface area (Å²) in [5, 5.41) is 0. The van der Waals surface area contributed by atoms with Gasteiger partial charge in [0.25, 0.3) is 0 Å². The molecule has 0 nitrogen and oxygen atoms in total. The van der Waals surface area contributed by atoms with Gasteiger partial charge in [-0.25, -0.2) is 0 Å². The predicted octanol–water partition coefficient (Wildman–Crippen LogP) is 6.20. The number of rotatable bonds is 1. The molecule has 0 aromatic carbocycles. The van der Waals surface area contributed by atoms with Gasteiger partial charge in [-0.15, -0.1) is 0 Å². The lowest BCUT2D eigenvalue weighted by atomic mass is 9.59. The Kier molecular flexibility index (Phi) is 3.63. The second-order valence-corrected chi connectivity index (χ2v) is 9.09. The molecule has 4 aliphatic rings. The fourth-order valence-electron chi connectivity index (χ4n) is 7.00. The Morgan fingerprint density at radius 3 is 2.25 bits per heavy atom. The molecule has 0 amide bonds. The van der Waals surface area contributed by atoms with Gasteiger partial charge in [-0.2, -0.15) is 0 Å². The minimum atomic E-state index is 0.733. The molecule has 0 aromatic rings. The minimum absolute atomic E-state index is 0.733. The highest BCUT2D eigenvalue weighted by atomic mass is 14.5. The van der Waals surface area contributed by atoms with Gasteiger partial charge in [0.05, 0.1) is 0 Å². The molecule has 0 N–H and O–H groups in total. The van der Waals surface area contributed by atoms with Gasteiger partial charge >= 0.3 is 0 Å². The molecule has 0 spiro atoms. The summed E-state index contributed by atoms with van der Waals surface area (Å²) in [5.41, 5.74) is 0.733. The van der Waals surface area contributed by atoms with E-state index in [1.807, 2.05) is 0 Å². The summed E-state index contributed by atoms with van der Waals surface area (Å²) >= 11 is 0. The summed E-state index contributed by atoms with van der Waals surface area (Å²) in [6, 6.07) is 0. The topological polar surface area (TPSA) is 0 Å². The van der Waals surface area contributed by atoms with E-state index in [4.69, 9.17) is 0 Å². The predicted molar refractivity (Wildman–Crippen MR) is 85.6 cm³/mol. The molecule has 4 saturated carbocycles. The van der Waals surface area contributed by atoms with Crippen LogP contribution in [0, 0.1) is 35.0 Å². The second kappa shape index (κ2) is 5.33. The maximum absolute atomic E-state index is 2.65. The smallest absolute Gasteiger partial charge is 0.0297 e. The van der Waals surface area contributed by atoms with E-state index in [0.717, 1.165) is 35.0 Å². The monoisotopic (exact) mass is 274 g/mol. The SMILES string of the molecule is CC1(C2CCC3C(CC4CCCCC43)C2)CCCCC1. The van der Waals surface area contributed by atoms with Crippen LogP contribution in [-0.4, -0.2) is 0 Å². The van der Waals surface area contributed by atoms with Crippen LogP contribution in [0.2, 0.25) is 0 Å². The molecule has 5 atom stereocenters. The lowest BCUT2D eigenvalue weighted by Crippen LogP contribution is -2.36. The lowest BCUT2D eigenvalue weighted by molar-refractivity contribution is 0.0433. The highest BCUT2D eigenvalue weighted by Crippen LogP contribution is 2.58. The third-order valence-electron chi connectivity index (χ3n) is 8.15. The number of fused-ring (bicyclic) bond motifs is 3. The van der Waals surface area contributed by atoms with Gasteiger partial charge in [0.1, 0.15) is 0 Å². The molecule has 0 aliphatic heterocycles. The van der Waals surface area contributed by atoms with Crippen LogP contribution in [0.25, 0.3) is 0 Å². The van der Waals surface area contributed by atoms with Crippen molar-refractivity contribution in [2.45, 2.75) is 90.4 Å². The maximum Gasteiger partial charge on any atom is -0.0297 e. The molecule has 114 valence electrons. The molecule has 0 heteroatoms. The molecule has 0 aromatic heterocycles. The van der Waals surface area contributed by atoms with Crippen molar-refractivity contribution in [1.82, 2.24) is 0 Å². The third kappa shape index (κ3) is 2.26. The van der Waals surface area contributed by atoms with Gasteiger partial charge in [-0.3, -0.25) is 0 Å². The van der Waals surface area contributed by atoms with Crippen molar-refractivity contribution in [3.63, 3.8) is 0 Å². The highest BCUT2D eigenvalue weighted by molar-refractivity contribution is 4.99. The summed E-state index contributed by atoms with van der Waals surface area (Å²) < 4.78 is 0. The quantitative estimate of drug-likeness (QED) is 0.534. The van der Waals surface area contributed by atoms with Crippen LogP contribution in [0.1, 0.15) is 90.4 Å². The molecule has 4 aliphatic carbocycles. The van der Waals surface area contributed by atoms with Gasteiger partial charge in [-0.1, -0.05) is 45.4 Å². The van der Waals surface area contributed by atoms with E-state index in [9.17, 15) is 0 Å². The van der Waals surface area contributed by atoms with E-state index >= 15 is 0 Å². The van der Waals surface area contributed by atoms with Crippen molar-refractivity contribution in [1.29, 1.82) is 0 Å². The van der Waals surface area contributed by atoms with Crippen LogP contribution in [0.15, 0.2) is 0 Å². The zero-order valence-corrected chi connectivity index (χ0v) is 13.6. The first-order chi connectivity index (χ1) is 9.76. The molecule has 20 heavy (non-hydrogen) atoms. The third-order valence-corrected chi connectivity index (χ3v) is 8.15. The average molecular weight is 274 g/mol. The zero-order chi connectivity index (χ0) is 13.6. The summed E-state index contributed by atoms with van der Waals surface area (Å²) in [5.74, 6) is 5.69. The Morgan fingerprint density at radius 1 is 0.650 bits per heavy atom. The van der Waals surface area contributed by atoms with Crippen LogP contribution < -0.4 is 0 Å². The van der Waals surface area contributed by atoms with Crippen LogP contribution in [0.3, 0.4) is 0 Å². The Balaban J connectivity index is 1.45. The Bertz CT molecular complexity index is 338. The van der Waals surface area contributed by atoms with Crippen molar-refractivity contribution >= 4 is 0 Å². The number of hydrogen-bond acceptors (Lipinski definition) is 0. The molecule has 4 rings (SSSR count). The molecule has 5 unspecified atom stereocenters. The van der Waals surface area contributed by atoms with Crippen LogP contribution in [0.5, 0.6) is 0 Å². The van der Waals surface area contributed by atoms with E-state index in [-0.39, 0.29) is 0 Å². The van der Waals surface area contributed by atoms with Crippen molar-refractivity contribution in [2.75, 3.05) is 0 Å². The lowest BCUT2D eigenvalue weighted by Gasteiger charge is -2.46. The van der Waals surface area contributed by atoms with Crippen molar-refractivity contribution in [3.05, 3.63) is 0 Å². The first kappa shape index (κ1) is 13.6. The van der Waals surface area contributed by atoms with Gasteiger partial charge in [-0.05, 0) is 80.0 Å². The van der Waals surface area contributed by atoms with Gasteiger partial charge in [0.15, 0.2) is 0 Å². The maximum atomic E-state index is 2.65. The normalized spacial score (nSPS) is 47.5. The van der Waals surface area contributed by atoms with Gasteiger partial charge in [0, 0.05) is 0 Å². The Hall–Kier alpha value is 0. The fourth-order valence-corrected chi connectivity index (χ4v) is 7.00. The molecule has 0 radical (unpaired) electrons. The van der Waals surface area contributed by atoms with E-state index in [2.05, 4.69) is 6.92 Å². The van der Waals surface area contributed by atoms with Crippen molar-refractivity contribution in [3.8, 4) is 0 Å². The first-order valence-electron chi connectivity index (χ1n) is 9.76. The van der Waals surface area contributed by atoms with E-state index < -0.39 is 0 Å². The van der Waals surface area contributed by atoms with Gasteiger partial charge in [0.2, 0.25) is 0 Å². The van der Waals surface area contributed by atoms with E-state index in [1.54, 1.807) is 64.2 Å². The second-order valence-electron chi connectivity index (χ2n) is 9.09. The van der Waals surface area contributed by atoms with Crippen molar-refractivity contribution in [2.24, 2.45) is 35.0 Å². The Morgan fingerprint density at radius 2 is 1.40 bits per heavy atom. The van der Waals surface area contributed by atoms with Crippen LogP contribution in [-0.2, 0) is 0 Å².